The van der Waals surface area contributed by atoms with Gasteiger partial charge in [-0.25, -0.2) is 0 Å². The molecule has 5 rings (SSSR count). The van der Waals surface area contributed by atoms with Crippen LogP contribution in [0.15, 0.2) is 12.2 Å². The molecule has 4 saturated carbocycles. The summed E-state index contributed by atoms with van der Waals surface area (Å²) in [5, 5.41) is 10.6. The summed E-state index contributed by atoms with van der Waals surface area (Å²) < 4.78 is 5.65. The van der Waals surface area contributed by atoms with E-state index in [-0.39, 0.29) is 0 Å². The lowest BCUT2D eigenvalue weighted by atomic mass is 9.49. The van der Waals surface area contributed by atoms with Gasteiger partial charge < -0.3 is 9.84 Å². The van der Waals surface area contributed by atoms with E-state index >= 15 is 0 Å². The third-order valence-electron chi connectivity index (χ3n) is 10.6. The fraction of sp³-hybridized carbons (Fsp3) is 0.926. The van der Waals surface area contributed by atoms with E-state index in [9.17, 15) is 5.11 Å². The molecule has 9 atom stereocenters. The fourth-order valence-corrected chi connectivity index (χ4v) is 9.12. The van der Waals surface area contributed by atoms with Gasteiger partial charge >= 0.3 is 0 Å². The molecule has 170 valence electrons. The van der Waals surface area contributed by atoms with Gasteiger partial charge in [0.15, 0.2) is 0 Å². The van der Waals surface area contributed by atoms with Crippen molar-refractivity contribution in [2.45, 2.75) is 90.2 Å². The average molecular weight is 416 g/mol. The lowest BCUT2D eigenvalue weighted by Crippen LogP contribution is -2.51. The van der Waals surface area contributed by atoms with Crippen molar-refractivity contribution >= 4 is 0 Å². The predicted octanol–water partition coefficient (Wildman–Crippen LogP) is 5.28. The van der Waals surface area contributed by atoms with E-state index in [1.165, 1.54) is 50.5 Å². The maximum absolute atomic E-state index is 10.6. The van der Waals surface area contributed by atoms with Gasteiger partial charge in [-0.1, -0.05) is 19.1 Å². The Hall–Kier alpha value is -0.380. The minimum absolute atomic E-state index is 0.399. The molecule has 4 aliphatic carbocycles. The highest BCUT2D eigenvalue weighted by atomic mass is 16.5. The smallest absolute Gasteiger partial charge is 0.0622 e. The quantitative estimate of drug-likeness (QED) is 0.636. The molecule has 0 aromatic carbocycles. The van der Waals surface area contributed by atoms with Crippen molar-refractivity contribution in [3.05, 3.63) is 12.2 Å². The van der Waals surface area contributed by atoms with Gasteiger partial charge in [-0.05, 0) is 113 Å². The van der Waals surface area contributed by atoms with Gasteiger partial charge in [0.05, 0.1) is 18.8 Å². The van der Waals surface area contributed by atoms with E-state index in [1.54, 1.807) is 0 Å². The lowest BCUT2D eigenvalue weighted by molar-refractivity contribution is -0.0981. The molecule has 1 saturated heterocycles. The number of ether oxygens (including phenoxy) is 1. The van der Waals surface area contributed by atoms with Crippen LogP contribution in [0.5, 0.6) is 0 Å². The zero-order valence-corrected chi connectivity index (χ0v) is 19.7. The van der Waals surface area contributed by atoms with Crippen molar-refractivity contribution < 1.29 is 9.84 Å². The SMILES string of the molecule is C=C(CN1CCOC[C@@H]1C)[C@H]1CC[C@H]2[C@@H]3CC[C@@H]4C[C@](C)(O)CC[C@@H]4[C@H]3CC[C@]12C. The van der Waals surface area contributed by atoms with E-state index in [0.717, 1.165) is 68.7 Å². The molecule has 0 bridgehead atoms. The normalized spacial score (nSPS) is 51.7. The zero-order chi connectivity index (χ0) is 21.1. The molecule has 1 heterocycles. The Balaban J connectivity index is 1.28. The third-order valence-corrected chi connectivity index (χ3v) is 10.6. The highest BCUT2D eigenvalue weighted by Crippen LogP contribution is 2.65. The Morgan fingerprint density at radius 3 is 2.63 bits per heavy atom. The van der Waals surface area contributed by atoms with Crippen LogP contribution >= 0.6 is 0 Å². The summed E-state index contributed by atoms with van der Waals surface area (Å²) in [6.07, 6.45) is 11.8. The van der Waals surface area contributed by atoms with Gasteiger partial charge in [-0.3, -0.25) is 4.90 Å². The summed E-state index contributed by atoms with van der Waals surface area (Å²) in [5.74, 6) is 5.17. The second-order valence-corrected chi connectivity index (χ2v) is 12.4. The maximum Gasteiger partial charge on any atom is 0.0622 e. The highest BCUT2D eigenvalue weighted by Gasteiger charge is 2.57. The number of rotatable bonds is 3. The maximum atomic E-state index is 10.6. The van der Waals surface area contributed by atoms with E-state index < -0.39 is 5.60 Å². The van der Waals surface area contributed by atoms with Crippen molar-refractivity contribution in [2.24, 2.45) is 40.9 Å². The molecule has 3 nitrogen and oxygen atoms in total. The number of fused-ring (bicyclic) bond motifs is 5. The molecule has 30 heavy (non-hydrogen) atoms. The number of nitrogens with zero attached hydrogens (tertiary/aromatic N) is 1. The molecule has 5 fully saturated rings. The van der Waals surface area contributed by atoms with E-state index in [4.69, 9.17) is 4.74 Å². The first-order valence-electron chi connectivity index (χ1n) is 13.0. The molecular formula is C27H45NO2. The second kappa shape index (κ2) is 7.89. The van der Waals surface area contributed by atoms with Crippen LogP contribution in [0.3, 0.4) is 0 Å². The first-order chi connectivity index (χ1) is 14.3. The lowest BCUT2D eigenvalue weighted by Gasteiger charge is -2.57. The monoisotopic (exact) mass is 415 g/mol. The van der Waals surface area contributed by atoms with Crippen LogP contribution in [0.4, 0.5) is 0 Å². The first-order valence-corrected chi connectivity index (χ1v) is 13.0. The molecule has 1 N–H and O–H groups in total. The van der Waals surface area contributed by atoms with Gasteiger partial charge in [-0.2, -0.15) is 0 Å². The van der Waals surface area contributed by atoms with Crippen molar-refractivity contribution in [2.75, 3.05) is 26.3 Å². The van der Waals surface area contributed by atoms with E-state index in [2.05, 4.69) is 32.3 Å². The largest absolute Gasteiger partial charge is 0.390 e. The Morgan fingerprint density at radius 2 is 1.83 bits per heavy atom. The van der Waals surface area contributed by atoms with Crippen LogP contribution in [0.1, 0.15) is 78.6 Å². The van der Waals surface area contributed by atoms with Crippen LogP contribution in [0, 0.1) is 40.9 Å². The standard InChI is InChI=1S/C27H45NO2/c1-18(16-28-13-14-30-17-19(28)2)24-7-8-25-23-6-5-20-15-26(3,29)11-9-21(20)22(23)10-12-27(24,25)4/h19-25,29H,1,5-17H2,2-4H3/t19-,20+,21-,22+,23+,24+,25-,26+,27+/m0/s1. The molecule has 3 heteroatoms. The number of hydrogen-bond acceptors (Lipinski definition) is 3. The van der Waals surface area contributed by atoms with E-state index in [0.29, 0.717) is 17.4 Å². The van der Waals surface area contributed by atoms with Crippen LogP contribution in [-0.4, -0.2) is 48.0 Å². The molecule has 5 aliphatic rings. The fourth-order valence-electron chi connectivity index (χ4n) is 9.12. The Kier molecular flexibility index (Phi) is 5.64. The summed E-state index contributed by atoms with van der Waals surface area (Å²) in [6.45, 7) is 15.6. The molecule has 0 aromatic heterocycles. The summed E-state index contributed by atoms with van der Waals surface area (Å²) in [6, 6.07) is 0.523. The van der Waals surface area contributed by atoms with Gasteiger partial charge in [0.1, 0.15) is 0 Å². The topological polar surface area (TPSA) is 32.7 Å². The number of hydrogen-bond donors (Lipinski definition) is 1. The molecule has 0 spiro atoms. The first kappa shape index (κ1) is 21.5. The molecule has 1 aliphatic heterocycles. The van der Waals surface area contributed by atoms with Crippen molar-refractivity contribution in [1.29, 1.82) is 0 Å². The summed E-state index contributed by atoms with van der Waals surface area (Å²) in [5.41, 5.74) is 1.58. The minimum atomic E-state index is -0.399. The summed E-state index contributed by atoms with van der Waals surface area (Å²) in [4.78, 5) is 2.60. The van der Waals surface area contributed by atoms with Gasteiger partial charge in [0.2, 0.25) is 0 Å². The molecular weight excluding hydrogens is 370 g/mol. The minimum Gasteiger partial charge on any atom is -0.390 e. The number of morpholine rings is 1. The van der Waals surface area contributed by atoms with Crippen LogP contribution in [0.2, 0.25) is 0 Å². The van der Waals surface area contributed by atoms with Gasteiger partial charge in [0, 0.05) is 19.1 Å². The highest BCUT2D eigenvalue weighted by molar-refractivity contribution is 5.17. The predicted molar refractivity (Wildman–Crippen MR) is 122 cm³/mol. The van der Waals surface area contributed by atoms with E-state index in [1.807, 2.05) is 0 Å². The third kappa shape index (κ3) is 3.61. The van der Waals surface area contributed by atoms with Gasteiger partial charge in [0.25, 0.3) is 0 Å². The van der Waals surface area contributed by atoms with Crippen molar-refractivity contribution in [3.63, 3.8) is 0 Å². The van der Waals surface area contributed by atoms with Gasteiger partial charge in [-0.15, -0.1) is 0 Å². The molecule has 0 unspecified atom stereocenters. The Morgan fingerprint density at radius 1 is 1.03 bits per heavy atom. The van der Waals surface area contributed by atoms with Crippen LogP contribution in [-0.2, 0) is 4.74 Å². The average Bonchev–Trinajstić information content (AvgIpc) is 3.06. The van der Waals surface area contributed by atoms with Crippen LogP contribution < -0.4 is 0 Å². The zero-order valence-electron chi connectivity index (χ0n) is 19.7. The van der Waals surface area contributed by atoms with Crippen molar-refractivity contribution in [3.8, 4) is 0 Å². The molecule has 0 aromatic rings. The second-order valence-electron chi connectivity index (χ2n) is 12.4. The summed E-state index contributed by atoms with van der Waals surface area (Å²) >= 11 is 0. The molecule has 0 radical (unpaired) electrons. The van der Waals surface area contributed by atoms with Crippen molar-refractivity contribution in [1.82, 2.24) is 4.90 Å². The Labute approximate surface area is 184 Å². The molecule has 0 amide bonds. The summed E-state index contributed by atoms with van der Waals surface area (Å²) in [7, 11) is 0. The number of aliphatic hydroxyl groups is 1. The Bertz CT molecular complexity index is 659. The van der Waals surface area contributed by atoms with Crippen LogP contribution in [0.25, 0.3) is 0 Å².